The Labute approximate surface area is 127 Å². The Kier molecular flexibility index (Phi) is 4.27. The van der Waals surface area contributed by atoms with E-state index >= 15 is 0 Å². The molecule has 0 fully saturated rings. The first kappa shape index (κ1) is 14.8. The molecule has 0 aliphatic heterocycles. The SMILES string of the molecule is NC(=S)c1cccc(S(=O)(=O)Nc2ccccc2Cl)c1. The van der Waals surface area contributed by atoms with Crippen molar-refractivity contribution in [2.45, 2.75) is 4.90 Å². The molecule has 0 saturated heterocycles. The highest BCUT2D eigenvalue weighted by Gasteiger charge is 2.16. The van der Waals surface area contributed by atoms with Gasteiger partial charge in [-0.15, -0.1) is 0 Å². The van der Waals surface area contributed by atoms with Crippen LogP contribution in [0.3, 0.4) is 0 Å². The topological polar surface area (TPSA) is 72.2 Å². The summed E-state index contributed by atoms with van der Waals surface area (Å²) < 4.78 is 27.0. The maximum atomic E-state index is 12.3. The van der Waals surface area contributed by atoms with Crippen LogP contribution in [-0.2, 0) is 10.0 Å². The van der Waals surface area contributed by atoms with Gasteiger partial charge >= 0.3 is 0 Å². The van der Waals surface area contributed by atoms with Crippen molar-refractivity contribution in [3.8, 4) is 0 Å². The molecule has 0 bridgehead atoms. The Morgan fingerprint density at radius 3 is 2.50 bits per heavy atom. The van der Waals surface area contributed by atoms with Gasteiger partial charge in [0.15, 0.2) is 0 Å². The molecule has 0 unspecified atom stereocenters. The van der Waals surface area contributed by atoms with Gasteiger partial charge in [-0.25, -0.2) is 8.42 Å². The van der Waals surface area contributed by atoms with Gasteiger partial charge in [0.05, 0.1) is 15.6 Å². The lowest BCUT2D eigenvalue weighted by Gasteiger charge is -2.10. The highest BCUT2D eigenvalue weighted by atomic mass is 35.5. The number of halogens is 1. The van der Waals surface area contributed by atoms with E-state index in [-0.39, 0.29) is 9.88 Å². The lowest BCUT2D eigenvalue weighted by molar-refractivity contribution is 0.601. The van der Waals surface area contributed by atoms with E-state index < -0.39 is 10.0 Å². The highest BCUT2D eigenvalue weighted by molar-refractivity contribution is 7.92. The van der Waals surface area contributed by atoms with Crippen LogP contribution in [0.15, 0.2) is 53.4 Å². The van der Waals surface area contributed by atoms with Crippen LogP contribution in [0.5, 0.6) is 0 Å². The molecule has 104 valence electrons. The lowest BCUT2D eigenvalue weighted by Crippen LogP contribution is -2.15. The minimum atomic E-state index is -3.74. The van der Waals surface area contributed by atoms with Crippen molar-refractivity contribution in [1.29, 1.82) is 0 Å². The minimum Gasteiger partial charge on any atom is -0.389 e. The molecule has 3 N–H and O–H groups in total. The molecular weight excluding hydrogens is 316 g/mol. The van der Waals surface area contributed by atoms with Crippen LogP contribution < -0.4 is 10.5 Å². The summed E-state index contributed by atoms with van der Waals surface area (Å²) in [5.41, 5.74) is 6.30. The zero-order valence-corrected chi connectivity index (χ0v) is 12.6. The minimum absolute atomic E-state index is 0.0720. The molecule has 0 aliphatic carbocycles. The van der Waals surface area contributed by atoms with Crippen molar-refractivity contribution >= 4 is 44.5 Å². The first-order valence-corrected chi connectivity index (χ1v) is 7.84. The van der Waals surface area contributed by atoms with Crippen molar-refractivity contribution in [2.75, 3.05) is 4.72 Å². The van der Waals surface area contributed by atoms with Gasteiger partial charge in [-0.05, 0) is 24.3 Å². The van der Waals surface area contributed by atoms with E-state index in [4.69, 9.17) is 29.6 Å². The van der Waals surface area contributed by atoms with E-state index in [1.807, 2.05) is 0 Å². The molecule has 7 heteroatoms. The summed E-state index contributed by atoms with van der Waals surface area (Å²) in [6.07, 6.45) is 0. The normalized spacial score (nSPS) is 11.1. The second kappa shape index (κ2) is 5.78. The van der Waals surface area contributed by atoms with Gasteiger partial charge in [-0.2, -0.15) is 0 Å². The third kappa shape index (κ3) is 3.27. The Morgan fingerprint density at radius 2 is 1.85 bits per heavy atom. The highest BCUT2D eigenvalue weighted by Crippen LogP contribution is 2.24. The molecule has 0 radical (unpaired) electrons. The van der Waals surface area contributed by atoms with E-state index in [2.05, 4.69) is 4.72 Å². The first-order chi connectivity index (χ1) is 9.40. The Morgan fingerprint density at radius 1 is 1.15 bits per heavy atom. The summed E-state index contributed by atoms with van der Waals surface area (Å²) >= 11 is 10.8. The number of rotatable bonds is 4. The molecule has 0 heterocycles. The van der Waals surface area contributed by atoms with E-state index in [9.17, 15) is 8.42 Å². The summed E-state index contributed by atoms with van der Waals surface area (Å²) in [5.74, 6) is 0. The predicted octanol–water partition coefficient (Wildman–Crippen LogP) is 2.78. The lowest BCUT2D eigenvalue weighted by atomic mass is 10.2. The number of anilines is 1. The fraction of sp³-hybridized carbons (Fsp3) is 0. The summed E-state index contributed by atoms with van der Waals surface area (Å²) in [6, 6.07) is 12.7. The van der Waals surface area contributed by atoms with E-state index in [0.717, 1.165) is 0 Å². The van der Waals surface area contributed by atoms with Crippen LogP contribution in [0.4, 0.5) is 5.69 Å². The molecule has 2 rings (SSSR count). The number of thiocarbonyl (C=S) groups is 1. The summed E-state index contributed by atoms with van der Waals surface area (Å²) in [5, 5.41) is 0.321. The average molecular weight is 327 g/mol. The monoisotopic (exact) mass is 326 g/mol. The molecule has 0 aliphatic rings. The zero-order valence-electron chi connectivity index (χ0n) is 10.2. The smallest absolute Gasteiger partial charge is 0.261 e. The molecule has 20 heavy (non-hydrogen) atoms. The van der Waals surface area contributed by atoms with E-state index in [0.29, 0.717) is 16.3 Å². The molecule has 0 saturated carbocycles. The van der Waals surface area contributed by atoms with Gasteiger partial charge in [0.1, 0.15) is 4.99 Å². The number of para-hydroxylation sites is 1. The van der Waals surface area contributed by atoms with Crippen molar-refractivity contribution in [3.63, 3.8) is 0 Å². The maximum Gasteiger partial charge on any atom is 0.261 e. The summed E-state index contributed by atoms with van der Waals surface area (Å²) in [6.45, 7) is 0. The number of nitrogens with two attached hydrogens (primary N) is 1. The van der Waals surface area contributed by atoms with Crippen LogP contribution in [0.25, 0.3) is 0 Å². The standard InChI is InChI=1S/C13H11ClN2O2S2/c14-11-6-1-2-7-12(11)16-20(17,18)10-5-3-4-9(8-10)13(15)19/h1-8,16H,(H2,15,19). The van der Waals surface area contributed by atoms with Gasteiger partial charge in [0.2, 0.25) is 0 Å². The molecule has 4 nitrogen and oxygen atoms in total. The fourth-order valence-corrected chi connectivity index (χ4v) is 3.06. The van der Waals surface area contributed by atoms with Crippen molar-refractivity contribution in [2.24, 2.45) is 5.73 Å². The van der Waals surface area contributed by atoms with Gasteiger partial charge in [0, 0.05) is 5.56 Å². The molecule has 0 amide bonds. The predicted molar refractivity (Wildman–Crippen MR) is 84.6 cm³/mol. The Balaban J connectivity index is 2.38. The molecule has 0 aromatic heterocycles. The third-order valence-corrected chi connectivity index (χ3v) is 4.48. The van der Waals surface area contributed by atoms with Crippen molar-refractivity contribution < 1.29 is 8.42 Å². The zero-order chi connectivity index (χ0) is 14.8. The van der Waals surface area contributed by atoms with Gasteiger partial charge in [-0.1, -0.05) is 48.1 Å². The van der Waals surface area contributed by atoms with Crippen LogP contribution in [0.2, 0.25) is 5.02 Å². The second-order valence-electron chi connectivity index (χ2n) is 3.98. The molecule has 0 spiro atoms. The number of nitrogens with one attached hydrogen (secondary N) is 1. The number of sulfonamides is 1. The first-order valence-electron chi connectivity index (χ1n) is 5.57. The van der Waals surface area contributed by atoms with Crippen molar-refractivity contribution in [1.82, 2.24) is 0 Å². The Hall–Kier alpha value is -1.63. The quantitative estimate of drug-likeness (QED) is 0.847. The molecular formula is C13H11ClN2O2S2. The van der Waals surface area contributed by atoms with Crippen LogP contribution >= 0.6 is 23.8 Å². The van der Waals surface area contributed by atoms with Gasteiger partial charge < -0.3 is 5.73 Å². The van der Waals surface area contributed by atoms with E-state index in [1.54, 1.807) is 36.4 Å². The van der Waals surface area contributed by atoms with Crippen molar-refractivity contribution in [3.05, 3.63) is 59.1 Å². The molecule has 2 aromatic rings. The number of hydrogen-bond acceptors (Lipinski definition) is 3. The van der Waals surface area contributed by atoms with E-state index in [1.165, 1.54) is 12.1 Å². The molecule has 2 aromatic carbocycles. The average Bonchev–Trinajstić information content (AvgIpc) is 2.41. The maximum absolute atomic E-state index is 12.3. The summed E-state index contributed by atoms with van der Waals surface area (Å²) in [7, 11) is -3.74. The van der Waals surface area contributed by atoms with Gasteiger partial charge in [-0.3, -0.25) is 4.72 Å². The van der Waals surface area contributed by atoms with Gasteiger partial charge in [0.25, 0.3) is 10.0 Å². The number of hydrogen-bond donors (Lipinski definition) is 2. The largest absolute Gasteiger partial charge is 0.389 e. The van der Waals surface area contributed by atoms with Crippen LogP contribution in [0, 0.1) is 0 Å². The Bertz CT molecular complexity index is 760. The van der Waals surface area contributed by atoms with Crippen LogP contribution in [-0.4, -0.2) is 13.4 Å². The number of benzene rings is 2. The third-order valence-electron chi connectivity index (χ3n) is 2.55. The summed E-state index contributed by atoms with van der Waals surface area (Å²) in [4.78, 5) is 0.211. The van der Waals surface area contributed by atoms with Crippen LogP contribution in [0.1, 0.15) is 5.56 Å². The second-order valence-corrected chi connectivity index (χ2v) is 6.51. The fourth-order valence-electron chi connectivity index (χ4n) is 1.56. The molecule has 0 atom stereocenters.